The number of carbonyl (C=O) groups excluding carboxylic acids is 1. The standard InChI is InChI=1S/C11H16N6O/c1-8(2)17-6-10(14-15-17)13-11(18)7-16-5-4-12-9(16)3/h4-6,8H,7H2,1-3H3,(H,13,18). The Morgan fingerprint density at radius 3 is 2.83 bits per heavy atom. The fourth-order valence-electron chi connectivity index (χ4n) is 1.49. The van der Waals surface area contributed by atoms with E-state index in [1.807, 2.05) is 20.8 Å². The highest BCUT2D eigenvalue weighted by atomic mass is 16.2. The van der Waals surface area contributed by atoms with Gasteiger partial charge in [-0.3, -0.25) is 4.79 Å². The van der Waals surface area contributed by atoms with Gasteiger partial charge in [-0.05, 0) is 20.8 Å². The molecule has 0 aliphatic heterocycles. The summed E-state index contributed by atoms with van der Waals surface area (Å²) >= 11 is 0. The summed E-state index contributed by atoms with van der Waals surface area (Å²) in [6.45, 7) is 6.06. The Bertz CT molecular complexity index is 541. The number of amides is 1. The first-order valence-corrected chi connectivity index (χ1v) is 5.75. The first-order chi connectivity index (χ1) is 8.56. The number of aryl methyl sites for hydroxylation is 1. The van der Waals surface area contributed by atoms with Crippen LogP contribution in [0.25, 0.3) is 0 Å². The van der Waals surface area contributed by atoms with Gasteiger partial charge in [0, 0.05) is 18.4 Å². The number of aromatic nitrogens is 5. The minimum absolute atomic E-state index is 0.146. The van der Waals surface area contributed by atoms with Crippen LogP contribution in [0.5, 0.6) is 0 Å². The van der Waals surface area contributed by atoms with E-state index >= 15 is 0 Å². The van der Waals surface area contributed by atoms with Crippen molar-refractivity contribution in [3.63, 3.8) is 0 Å². The van der Waals surface area contributed by atoms with Crippen LogP contribution in [0.3, 0.4) is 0 Å². The quantitative estimate of drug-likeness (QED) is 0.875. The highest BCUT2D eigenvalue weighted by molar-refractivity contribution is 5.89. The van der Waals surface area contributed by atoms with E-state index in [9.17, 15) is 4.79 Å². The average Bonchev–Trinajstić information content (AvgIpc) is 2.89. The average molecular weight is 248 g/mol. The lowest BCUT2D eigenvalue weighted by Crippen LogP contribution is -2.19. The molecule has 7 nitrogen and oxygen atoms in total. The molecule has 18 heavy (non-hydrogen) atoms. The number of nitrogens with one attached hydrogen (secondary N) is 1. The smallest absolute Gasteiger partial charge is 0.245 e. The third kappa shape index (κ3) is 2.73. The van der Waals surface area contributed by atoms with Crippen molar-refractivity contribution < 1.29 is 4.79 Å². The van der Waals surface area contributed by atoms with E-state index in [2.05, 4.69) is 20.6 Å². The molecule has 0 aromatic carbocycles. The lowest BCUT2D eigenvalue weighted by molar-refractivity contribution is -0.116. The SMILES string of the molecule is Cc1nccn1CC(=O)Nc1cn(C(C)C)nn1. The van der Waals surface area contributed by atoms with Crippen molar-refractivity contribution >= 4 is 11.7 Å². The van der Waals surface area contributed by atoms with E-state index in [1.165, 1.54) is 0 Å². The topological polar surface area (TPSA) is 77.6 Å². The van der Waals surface area contributed by atoms with E-state index < -0.39 is 0 Å². The van der Waals surface area contributed by atoms with E-state index in [1.54, 1.807) is 27.8 Å². The molecule has 1 N–H and O–H groups in total. The van der Waals surface area contributed by atoms with Gasteiger partial charge in [-0.1, -0.05) is 5.21 Å². The monoisotopic (exact) mass is 248 g/mol. The maximum Gasteiger partial charge on any atom is 0.245 e. The molecule has 7 heteroatoms. The molecule has 0 atom stereocenters. The van der Waals surface area contributed by atoms with Gasteiger partial charge in [0.2, 0.25) is 5.91 Å². The van der Waals surface area contributed by atoms with E-state index in [0.29, 0.717) is 5.82 Å². The summed E-state index contributed by atoms with van der Waals surface area (Å²) < 4.78 is 3.46. The summed E-state index contributed by atoms with van der Waals surface area (Å²) in [4.78, 5) is 15.8. The van der Waals surface area contributed by atoms with Crippen LogP contribution in [-0.4, -0.2) is 30.5 Å². The van der Waals surface area contributed by atoms with Crippen LogP contribution < -0.4 is 5.32 Å². The zero-order valence-corrected chi connectivity index (χ0v) is 10.7. The molecule has 2 aromatic heterocycles. The number of imidazole rings is 1. The predicted molar refractivity (Wildman–Crippen MR) is 66.0 cm³/mol. The third-order valence-electron chi connectivity index (χ3n) is 2.54. The lowest BCUT2D eigenvalue weighted by Gasteiger charge is -2.04. The van der Waals surface area contributed by atoms with Crippen LogP contribution in [0.1, 0.15) is 25.7 Å². The van der Waals surface area contributed by atoms with Crippen molar-refractivity contribution in [2.75, 3.05) is 5.32 Å². The van der Waals surface area contributed by atoms with Gasteiger partial charge in [0.1, 0.15) is 12.4 Å². The Morgan fingerprint density at radius 1 is 1.50 bits per heavy atom. The molecule has 0 aliphatic carbocycles. The van der Waals surface area contributed by atoms with Gasteiger partial charge in [-0.15, -0.1) is 5.10 Å². The number of carbonyl (C=O) groups is 1. The Hall–Kier alpha value is -2.18. The summed E-state index contributed by atoms with van der Waals surface area (Å²) in [5, 5.41) is 10.5. The van der Waals surface area contributed by atoms with Crippen LogP contribution in [0.4, 0.5) is 5.82 Å². The molecule has 0 radical (unpaired) electrons. The van der Waals surface area contributed by atoms with Gasteiger partial charge in [-0.2, -0.15) is 0 Å². The fourth-order valence-corrected chi connectivity index (χ4v) is 1.49. The van der Waals surface area contributed by atoms with Crippen LogP contribution in [0.2, 0.25) is 0 Å². The van der Waals surface area contributed by atoms with Crippen LogP contribution in [0, 0.1) is 6.92 Å². The fraction of sp³-hybridized carbons (Fsp3) is 0.455. The van der Waals surface area contributed by atoms with Crippen molar-refractivity contribution in [1.29, 1.82) is 0 Å². The number of rotatable bonds is 4. The Kier molecular flexibility index (Phi) is 3.40. The van der Waals surface area contributed by atoms with Crippen molar-refractivity contribution in [1.82, 2.24) is 24.5 Å². The minimum Gasteiger partial charge on any atom is -0.326 e. The molecule has 2 rings (SSSR count). The second-order valence-corrected chi connectivity index (χ2v) is 4.33. The summed E-state index contributed by atoms with van der Waals surface area (Å²) in [6, 6.07) is 0.221. The Balaban J connectivity index is 1.97. The Morgan fingerprint density at radius 2 is 2.28 bits per heavy atom. The molecule has 2 heterocycles. The third-order valence-corrected chi connectivity index (χ3v) is 2.54. The summed E-state index contributed by atoms with van der Waals surface area (Å²) in [5.41, 5.74) is 0. The highest BCUT2D eigenvalue weighted by Gasteiger charge is 2.09. The van der Waals surface area contributed by atoms with Gasteiger partial charge >= 0.3 is 0 Å². The summed E-state index contributed by atoms with van der Waals surface area (Å²) in [5.74, 6) is 1.12. The predicted octanol–water partition coefficient (Wildman–Crippen LogP) is 1.00. The number of anilines is 1. The molecule has 96 valence electrons. The van der Waals surface area contributed by atoms with Gasteiger partial charge < -0.3 is 9.88 Å². The maximum atomic E-state index is 11.8. The molecule has 2 aromatic rings. The van der Waals surface area contributed by atoms with Gasteiger partial charge in [0.15, 0.2) is 5.82 Å². The highest BCUT2D eigenvalue weighted by Crippen LogP contribution is 2.06. The largest absolute Gasteiger partial charge is 0.326 e. The molecule has 0 saturated carbocycles. The van der Waals surface area contributed by atoms with Crippen molar-refractivity contribution in [2.24, 2.45) is 0 Å². The van der Waals surface area contributed by atoms with Crippen molar-refractivity contribution in [3.05, 3.63) is 24.4 Å². The molecule has 1 amide bonds. The second-order valence-electron chi connectivity index (χ2n) is 4.33. The molecular weight excluding hydrogens is 232 g/mol. The first-order valence-electron chi connectivity index (χ1n) is 5.75. The molecule has 0 saturated heterocycles. The van der Waals surface area contributed by atoms with Crippen LogP contribution in [-0.2, 0) is 11.3 Å². The Labute approximate surface area is 105 Å². The van der Waals surface area contributed by atoms with Gasteiger partial charge in [0.05, 0.1) is 6.20 Å². The minimum atomic E-state index is -0.146. The van der Waals surface area contributed by atoms with E-state index in [4.69, 9.17) is 0 Å². The lowest BCUT2D eigenvalue weighted by atomic mass is 10.4. The summed E-state index contributed by atoms with van der Waals surface area (Å²) in [6.07, 6.45) is 5.14. The van der Waals surface area contributed by atoms with Crippen LogP contribution in [0.15, 0.2) is 18.6 Å². The molecule has 0 unspecified atom stereocenters. The molecule has 0 spiro atoms. The van der Waals surface area contributed by atoms with Crippen LogP contribution >= 0.6 is 0 Å². The second kappa shape index (κ2) is 4.99. The molecule has 0 bridgehead atoms. The molecular formula is C11H16N6O. The zero-order valence-electron chi connectivity index (χ0n) is 10.7. The number of nitrogens with zero attached hydrogens (tertiary/aromatic N) is 5. The summed E-state index contributed by atoms with van der Waals surface area (Å²) in [7, 11) is 0. The molecule has 0 aliphatic rings. The van der Waals surface area contributed by atoms with E-state index in [-0.39, 0.29) is 18.5 Å². The number of hydrogen-bond acceptors (Lipinski definition) is 4. The molecule has 0 fully saturated rings. The normalized spacial score (nSPS) is 10.9. The van der Waals surface area contributed by atoms with Crippen molar-refractivity contribution in [3.8, 4) is 0 Å². The van der Waals surface area contributed by atoms with Gasteiger partial charge in [-0.25, -0.2) is 9.67 Å². The maximum absolute atomic E-state index is 11.8. The zero-order chi connectivity index (χ0) is 13.1. The van der Waals surface area contributed by atoms with E-state index in [0.717, 1.165) is 5.82 Å². The van der Waals surface area contributed by atoms with Gasteiger partial charge in [0.25, 0.3) is 0 Å². The van der Waals surface area contributed by atoms with Crippen molar-refractivity contribution in [2.45, 2.75) is 33.4 Å². The first kappa shape index (κ1) is 12.3. The number of hydrogen-bond donors (Lipinski definition) is 1.